The molecular formula is C17H20N2O3. The second-order valence-corrected chi connectivity index (χ2v) is 4.91. The maximum atomic E-state index is 11.9. The van der Waals surface area contributed by atoms with Gasteiger partial charge in [-0.05, 0) is 24.6 Å². The van der Waals surface area contributed by atoms with Crippen molar-refractivity contribution in [3.8, 4) is 5.75 Å². The Bertz CT molecular complexity index is 665. The number of aryl methyl sites for hydroxylation is 1. The Labute approximate surface area is 129 Å². The van der Waals surface area contributed by atoms with Gasteiger partial charge in [-0.3, -0.25) is 9.59 Å². The number of ether oxygens (including phenoxy) is 1. The highest BCUT2D eigenvalue weighted by molar-refractivity contribution is 5.90. The van der Waals surface area contributed by atoms with Gasteiger partial charge in [-0.1, -0.05) is 25.1 Å². The minimum Gasteiger partial charge on any atom is -0.493 e. The number of anilines is 1. The first-order valence-corrected chi connectivity index (χ1v) is 7.37. The van der Waals surface area contributed by atoms with Crippen LogP contribution in [-0.2, 0) is 11.3 Å². The van der Waals surface area contributed by atoms with E-state index < -0.39 is 0 Å². The van der Waals surface area contributed by atoms with Crippen LogP contribution >= 0.6 is 0 Å². The largest absolute Gasteiger partial charge is 0.493 e. The van der Waals surface area contributed by atoms with E-state index in [9.17, 15) is 9.59 Å². The van der Waals surface area contributed by atoms with Gasteiger partial charge in [0.1, 0.15) is 5.75 Å². The topological polar surface area (TPSA) is 60.3 Å². The van der Waals surface area contributed by atoms with Crippen molar-refractivity contribution in [2.24, 2.45) is 0 Å². The van der Waals surface area contributed by atoms with Crippen molar-refractivity contribution >= 4 is 11.6 Å². The third-order valence-corrected chi connectivity index (χ3v) is 3.07. The fraction of sp³-hybridized carbons (Fsp3) is 0.294. The molecule has 0 unspecified atom stereocenters. The number of pyridine rings is 1. The lowest BCUT2D eigenvalue weighted by Gasteiger charge is -2.09. The first-order chi connectivity index (χ1) is 10.7. The molecule has 5 nitrogen and oxygen atoms in total. The van der Waals surface area contributed by atoms with E-state index in [1.807, 2.05) is 37.3 Å². The summed E-state index contributed by atoms with van der Waals surface area (Å²) in [7, 11) is 0. The van der Waals surface area contributed by atoms with Gasteiger partial charge in [0.25, 0.3) is 5.56 Å². The summed E-state index contributed by atoms with van der Waals surface area (Å²) in [5.74, 6) is 0.601. The Hall–Kier alpha value is -2.56. The average molecular weight is 300 g/mol. The van der Waals surface area contributed by atoms with E-state index >= 15 is 0 Å². The maximum Gasteiger partial charge on any atom is 0.250 e. The van der Waals surface area contributed by atoms with Gasteiger partial charge in [-0.2, -0.15) is 0 Å². The second-order valence-electron chi connectivity index (χ2n) is 4.91. The molecule has 2 rings (SSSR count). The molecule has 0 saturated heterocycles. The number of hydrogen-bond donors (Lipinski definition) is 1. The average Bonchev–Trinajstić information content (AvgIpc) is 2.52. The van der Waals surface area contributed by atoms with Crippen LogP contribution < -0.4 is 15.6 Å². The number of para-hydroxylation sites is 1. The number of rotatable bonds is 7. The van der Waals surface area contributed by atoms with Crippen LogP contribution in [-0.4, -0.2) is 17.1 Å². The Morgan fingerprint density at radius 3 is 2.68 bits per heavy atom. The fourth-order valence-corrected chi connectivity index (χ4v) is 2.02. The highest BCUT2D eigenvalue weighted by Gasteiger charge is 2.04. The van der Waals surface area contributed by atoms with E-state index in [2.05, 4.69) is 5.32 Å². The molecular weight excluding hydrogens is 280 g/mol. The molecule has 0 spiro atoms. The highest BCUT2D eigenvalue weighted by Crippen LogP contribution is 2.09. The van der Waals surface area contributed by atoms with Gasteiger partial charge < -0.3 is 14.6 Å². The van der Waals surface area contributed by atoms with Crippen LogP contribution in [0.25, 0.3) is 0 Å². The van der Waals surface area contributed by atoms with Crippen molar-refractivity contribution in [1.82, 2.24) is 4.57 Å². The summed E-state index contributed by atoms with van der Waals surface area (Å²) in [5, 5.41) is 2.78. The molecule has 0 aliphatic heterocycles. The lowest BCUT2D eigenvalue weighted by Crippen LogP contribution is -2.21. The molecule has 1 amide bonds. The molecule has 1 aromatic carbocycles. The Morgan fingerprint density at radius 2 is 1.95 bits per heavy atom. The molecule has 22 heavy (non-hydrogen) atoms. The van der Waals surface area contributed by atoms with E-state index in [4.69, 9.17) is 4.74 Å². The van der Waals surface area contributed by atoms with Gasteiger partial charge in [0, 0.05) is 18.8 Å². The molecule has 0 radical (unpaired) electrons. The zero-order valence-corrected chi connectivity index (χ0v) is 12.6. The number of nitrogens with one attached hydrogen (secondary N) is 1. The molecule has 1 aromatic heterocycles. The first-order valence-electron chi connectivity index (χ1n) is 7.37. The summed E-state index contributed by atoms with van der Waals surface area (Å²) in [6.45, 7) is 2.95. The lowest BCUT2D eigenvalue weighted by atomic mass is 10.3. The monoisotopic (exact) mass is 300 g/mol. The molecule has 0 fully saturated rings. The molecule has 0 atom stereocenters. The Balaban J connectivity index is 1.84. The summed E-state index contributed by atoms with van der Waals surface area (Å²) >= 11 is 0. The van der Waals surface area contributed by atoms with Crippen LogP contribution in [0.4, 0.5) is 5.69 Å². The van der Waals surface area contributed by atoms with E-state index in [0.717, 1.165) is 12.2 Å². The number of aromatic nitrogens is 1. The van der Waals surface area contributed by atoms with E-state index in [1.54, 1.807) is 16.8 Å². The zero-order chi connectivity index (χ0) is 15.8. The van der Waals surface area contributed by atoms with Gasteiger partial charge in [0.05, 0.1) is 18.7 Å². The minimum absolute atomic E-state index is 0.0627. The normalized spacial score (nSPS) is 10.2. The summed E-state index contributed by atoms with van der Waals surface area (Å²) in [6, 6.07) is 12.4. The van der Waals surface area contributed by atoms with Crippen LogP contribution in [0.3, 0.4) is 0 Å². The minimum atomic E-state index is -0.141. The van der Waals surface area contributed by atoms with Crippen LogP contribution in [0.1, 0.15) is 19.8 Å². The highest BCUT2D eigenvalue weighted by atomic mass is 16.5. The van der Waals surface area contributed by atoms with E-state index in [0.29, 0.717) is 18.8 Å². The summed E-state index contributed by atoms with van der Waals surface area (Å²) in [6.07, 6.45) is 2.78. The third-order valence-electron chi connectivity index (χ3n) is 3.07. The van der Waals surface area contributed by atoms with Crippen LogP contribution in [0.5, 0.6) is 5.75 Å². The summed E-state index contributed by atoms with van der Waals surface area (Å²) < 4.78 is 7.07. The molecule has 0 bridgehead atoms. The van der Waals surface area contributed by atoms with Crippen molar-refractivity contribution < 1.29 is 9.53 Å². The van der Waals surface area contributed by atoms with Crippen LogP contribution in [0, 0.1) is 0 Å². The van der Waals surface area contributed by atoms with Crippen LogP contribution in [0.2, 0.25) is 0 Å². The smallest absolute Gasteiger partial charge is 0.250 e. The molecule has 1 N–H and O–H groups in total. The van der Waals surface area contributed by atoms with Crippen molar-refractivity contribution in [3.05, 3.63) is 59.0 Å². The number of nitrogens with zero attached hydrogens (tertiary/aromatic N) is 1. The molecule has 116 valence electrons. The molecule has 2 aromatic rings. The number of amides is 1. The number of carbonyl (C=O) groups excluding carboxylic acids is 1. The standard InChI is InChI=1S/C17H20N2O3/c1-2-11-19-13-14(8-9-17(19)21)18-16(20)10-12-22-15-6-4-3-5-7-15/h3-9,13H,2,10-12H2,1H3,(H,18,20). The molecule has 1 heterocycles. The molecule has 0 saturated carbocycles. The number of benzene rings is 1. The fourth-order valence-electron chi connectivity index (χ4n) is 2.02. The quantitative estimate of drug-likeness (QED) is 0.855. The van der Waals surface area contributed by atoms with Gasteiger partial charge >= 0.3 is 0 Å². The van der Waals surface area contributed by atoms with Gasteiger partial charge in [-0.15, -0.1) is 0 Å². The summed E-state index contributed by atoms with van der Waals surface area (Å²) in [4.78, 5) is 23.5. The van der Waals surface area contributed by atoms with Gasteiger partial charge in [0.2, 0.25) is 5.91 Å². The van der Waals surface area contributed by atoms with Crippen molar-refractivity contribution in [1.29, 1.82) is 0 Å². The van der Waals surface area contributed by atoms with E-state index in [1.165, 1.54) is 6.07 Å². The Morgan fingerprint density at radius 1 is 1.18 bits per heavy atom. The molecule has 0 aliphatic carbocycles. The lowest BCUT2D eigenvalue weighted by molar-refractivity contribution is -0.116. The number of carbonyl (C=O) groups is 1. The molecule has 0 aliphatic rings. The zero-order valence-electron chi connectivity index (χ0n) is 12.6. The van der Waals surface area contributed by atoms with Gasteiger partial charge in [0.15, 0.2) is 0 Å². The molecule has 5 heteroatoms. The van der Waals surface area contributed by atoms with Crippen molar-refractivity contribution in [3.63, 3.8) is 0 Å². The van der Waals surface area contributed by atoms with Crippen LogP contribution in [0.15, 0.2) is 53.5 Å². The van der Waals surface area contributed by atoms with Crippen molar-refractivity contribution in [2.75, 3.05) is 11.9 Å². The predicted molar refractivity (Wildman–Crippen MR) is 86.2 cm³/mol. The second kappa shape index (κ2) is 8.02. The third kappa shape index (κ3) is 4.77. The maximum absolute atomic E-state index is 11.9. The predicted octanol–water partition coefficient (Wildman–Crippen LogP) is 2.67. The van der Waals surface area contributed by atoms with Crippen molar-refractivity contribution in [2.45, 2.75) is 26.3 Å². The SMILES string of the molecule is CCCn1cc(NC(=O)CCOc2ccccc2)ccc1=O. The summed E-state index contributed by atoms with van der Waals surface area (Å²) in [5.41, 5.74) is 0.560. The Kier molecular flexibility index (Phi) is 5.77. The number of hydrogen-bond acceptors (Lipinski definition) is 3. The van der Waals surface area contributed by atoms with E-state index in [-0.39, 0.29) is 17.9 Å². The van der Waals surface area contributed by atoms with Gasteiger partial charge in [-0.25, -0.2) is 0 Å². The first kappa shape index (κ1) is 15.8.